The Balaban J connectivity index is 1.69. The highest BCUT2D eigenvalue weighted by Gasteiger charge is 2.08. The standard InChI is InChI=1S/C22H19FN2O3S/c1-14(26)24-19-13-15(7-10-20(19)28-2)25-22(27)12-9-16-8-11-21(29-16)17-5-3-4-6-18(17)23/h3-13H,1-2H3,(H,24,26)(H,25,27)/b12-9+. The van der Waals surface area contributed by atoms with E-state index >= 15 is 0 Å². The summed E-state index contributed by atoms with van der Waals surface area (Å²) >= 11 is 1.39. The van der Waals surface area contributed by atoms with E-state index in [0.29, 0.717) is 22.7 Å². The summed E-state index contributed by atoms with van der Waals surface area (Å²) < 4.78 is 19.1. The summed E-state index contributed by atoms with van der Waals surface area (Å²) in [6.45, 7) is 1.39. The van der Waals surface area contributed by atoms with Gasteiger partial charge in [0.1, 0.15) is 11.6 Å². The Hall–Kier alpha value is -3.45. The first kappa shape index (κ1) is 20.3. The van der Waals surface area contributed by atoms with Crippen LogP contribution in [-0.2, 0) is 9.59 Å². The minimum absolute atomic E-state index is 0.241. The van der Waals surface area contributed by atoms with Crippen molar-refractivity contribution in [2.45, 2.75) is 6.92 Å². The fourth-order valence-electron chi connectivity index (χ4n) is 2.66. The number of ether oxygens (including phenoxy) is 1. The summed E-state index contributed by atoms with van der Waals surface area (Å²) in [4.78, 5) is 25.2. The lowest BCUT2D eigenvalue weighted by atomic mass is 10.2. The van der Waals surface area contributed by atoms with Gasteiger partial charge in [-0.3, -0.25) is 9.59 Å². The molecule has 0 fully saturated rings. The number of methoxy groups -OCH3 is 1. The number of carbonyl (C=O) groups excluding carboxylic acids is 2. The predicted octanol–water partition coefficient (Wildman–Crippen LogP) is 5.17. The molecule has 2 N–H and O–H groups in total. The van der Waals surface area contributed by atoms with Gasteiger partial charge in [0.15, 0.2) is 0 Å². The van der Waals surface area contributed by atoms with Crippen molar-refractivity contribution in [1.29, 1.82) is 0 Å². The van der Waals surface area contributed by atoms with E-state index < -0.39 is 0 Å². The highest BCUT2D eigenvalue weighted by atomic mass is 32.1. The predicted molar refractivity (Wildman–Crippen MR) is 115 cm³/mol. The van der Waals surface area contributed by atoms with Crippen LogP contribution in [0, 0.1) is 5.82 Å². The van der Waals surface area contributed by atoms with Crippen LogP contribution in [0.2, 0.25) is 0 Å². The molecule has 2 amide bonds. The third kappa shape index (κ3) is 5.30. The summed E-state index contributed by atoms with van der Waals surface area (Å²) in [6.07, 6.45) is 3.07. The minimum atomic E-state index is -0.329. The maximum atomic E-state index is 13.9. The van der Waals surface area contributed by atoms with Gasteiger partial charge in [-0.2, -0.15) is 0 Å². The zero-order chi connectivity index (χ0) is 20.8. The van der Waals surface area contributed by atoms with Gasteiger partial charge >= 0.3 is 0 Å². The van der Waals surface area contributed by atoms with E-state index in [1.807, 2.05) is 12.1 Å². The van der Waals surface area contributed by atoms with E-state index in [-0.39, 0.29) is 17.6 Å². The van der Waals surface area contributed by atoms with Gasteiger partial charge in [-0.15, -0.1) is 11.3 Å². The molecule has 5 nitrogen and oxygen atoms in total. The first-order chi connectivity index (χ1) is 14.0. The molecule has 0 saturated carbocycles. The van der Waals surface area contributed by atoms with Crippen LogP contribution >= 0.6 is 11.3 Å². The van der Waals surface area contributed by atoms with Crippen molar-refractivity contribution in [3.05, 3.63) is 71.4 Å². The zero-order valence-corrected chi connectivity index (χ0v) is 16.7. The van der Waals surface area contributed by atoms with Crippen molar-refractivity contribution < 1.29 is 18.7 Å². The Morgan fingerprint density at radius 1 is 1.07 bits per heavy atom. The molecule has 0 atom stereocenters. The van der Waals surface area contributed by atoms with Crippen molar-refractivity contribution in [1.82, 2.24) is 0 Å². The van der Waals surface area contributed by atoms with Gasteiger partial charge in [0.2, 0.25) is 11.8 Å². The number of rotatable bonds is 6. The molecular formula is C22H19FN2O3S. The maximum Gasteiger partial charge on any atom is 0.248 e. The Morgan fingerprint density at radius 2 is 1.86 bits per heavy atom. The van der Waals surface area contributed by atoms with Crippen LogP contribution in [0.5, 0.6) is 5.75 Å². The Kier molecular flexibility index (Phi) is 6.41. The summed E-state index contributed by atoms with van der Waals surface area (Å²) in [7, 11) is 1.50. The molecule has 0 spiro atoms. The zero-order valence-electron chi connectivity index (χ0n) is 15.9. The second kappa shape index (κ2) is 9.16. The maximum absolute atomic E-state index is 13.9. The molecule has 0 aliphatic heterocycles. The average Bonchev–Trinajstić information content (AvgIpc) is 3.15. The normalized spacial score (nSPS) is 10.7. The second-order valence-electron chi connectivity index (χ2n) is 6.10. The average molecular weight is 410 g/mol. The highest BCUT2D eigenvalue weighted by Crippen LogP contribution is 2.31. The molecular weight excluding hydrogens is 391 g/mol. The lowest BCUT2D eigenvalue weighted by Gasteiger charge is -2.11. The molecule has 29 heavy (non-hydrogen) atoms. The lowest BCUT2D eigenvalue weighted by Crippen LogP contribution is -2.10. The van der Waals surface area contributed by atoms with Gasteiger partial charge in [0.05, 0.1) is 12.8 Å². The minimum Gasteiger partial charge on any atom is -0.495 e. The number of hydrogen-bond acceptors (Lipinski definition) is 4. The summed E-state index contributed by atoms with van der Waals surface area (Å²) in [5.41, 5.74) is 1.52. The van der Waals surface area contributed by atoms with Crippen LogP contribution < -0.4 is 15.4 Å². The van der Waals surface area contributed by atoms with E-state index in [1.165, 1.54) is 37.5 Å². The Labute approximate surface area is 171 Å². The molecule has 7 heteroatoms. The first-order valence-corrected chi connectivity index (χ1v) is 9.57. The van der Waals surface area contributed by atoms with E-state index in [2.05, 4.69) is 10.6 Å². The third-order valence-electron chi connectivity index (χ3n) is 3.94. The Bertz CT molecular complexity index is 1080. The monoisotopic (exact) mass is 410 g/mol. The van der Waals surface area contributed by atoms with Gasteiger partial charge in [0.25, 0.3) is 0 Å². The van der Waals surface area contributed by atoms with Crippen molar-refractivity contribution in [2.75, 3.05) is 17.7 Å². The number of benzene rings is 2. The molecule has 2 aromatic carbocycles. The molecule has 0 aliphatic rings. The SMILES string of the molecule is COc1ccc(NC(=O)/C=C/c2ccc(-c3ccccc3F)s2)cc1NC(C)=O. The molecule has 0 saturated heterocycles. The molecule has 148 valence electrons. The van der Waals surface area contributed by atoms with Crippen LogP contribution in [-0.4, -0.2) is 18.9 Å². The van der Waals surface area contributed by atoms with E-state index in [9.17, 15) is 14.0 Å². The van der Waals surface area contributed by atoms with Crippen LogP contribution in [0.25, 0.3) is 16.5 Å². The number of amides is 2. The van der Waals surface area contributed by atoms with Crippen molar-refractivity contribution >= 4 is 40.6 Å². The molecule has 0 aliphatic carbocycles. The highest BCUT2D eigenvalue weighted by molar-refractivity contribution is 7.16. The Morgan fingerprint density at radius 3 is 2.59 bits per heavy atom. The van der Waals surface area contributed by atoms with Crippen LogP contribution in [0.15, 0.2) is 60.7 Å². The largest absolute Gasteiger partial charge is 0.495 e. The number of hydrogen-bond donors (Lipinski definition) is 2. The van der Waals surface area contributed by atoms with Gasteiger partial charge in [0, 0.05) is 34.0 Å². The molecule has 0 bridgehead atoms. The lowest BCUT2D eigenvalue weighted by molar-refractivity contribution is -0.114. The van der Waals surface area contributed by atoms with E-state index in [4.69, 9.17) is 4.74 Å². The smallest absolute Gasteiger partial charge is 0.248 e. The number of carbonyl (C=O) groups is 2. The molecule has 3 rings (SSSR count). The number of thiophene rings is 1. The number of halogens is 1. The van der Waals surface area contributed by atoms with E-state index in [0.717, 1.165) is 9.75 Å². The number of anilines is 2. The first-order valence-electron chi connectivity index (χ1n) is 8.75. The van der Waals surface area contributed by atoms with E-state index in [1.54, 1.807) is 42.5 Å². The van der Waals surface area contributed by atoms with Crippen molar-refractivity contribution in [3.63, 3.8) is 0 Å². The van der Waals surface area contributed by atoms with Gasteiger partial charge in [-0.05, 0) is 42.5 Å². The molecule has 0 radical (unpaired) electrons. The van der Waals surface area contributed by atoms with Gasteiger partial charge in [-0.25, -0.2) is 4.39 Å². The topological polar surface area (TPSA) is 67.4 Å². The summed E-state index contributed by atoms with van der Waals surface area (Å²) in [5, 5.41) is 5.39. The third-order valence-corrected chi connectivity index (χ3v) is 5.03. The molecule has 3 aromatic rings. The van der Waals surface area contributed by atoms with Crippen LogP contribution in [0.3, 0.4) is 0 Å². The fraction of sp³-hybridized carbons (Fsp3) is 0.0909. The molecule has 1 aromatic heterocycles. The molecule has 1 heterocycles. The quantitative estimate of drug-likeness (QED) is 0.551. The fourth-order valence-corrected chi connectivity index (χ4v) is 3.60. The van der Waals surface area contributed by atoms with Gasteiger partial charge in [-0.1, -0.05) is 18.2 Å². The van der Waals surface area contributed by atoms with Crippen LogP contribution in [0.4, 0.5) is 15.8 Å². The molecule has 0 unspecified atom stereocenters. The summed E-state index contributed by atoms with van der Waals surface area (Å²) in [5.74, 6) is -0.357. The van der Waals surface area contributed by atoms with Crippen molar-refractivity contribution in [2.24, 2.45) is 0 Å². The van der Waals surface area contributed by atoms with Crippen LogP contribution in [0.1, 0.15) is 11.8 Å². The summed E-state index contributed by atoms with van der Waals surface area (Å²) in [6, 6.07) is 15.2. The van der Waals surface area contributed by atoms with Crippen molar-refractivity contribution in [3.8, 4) is 16.2 Å². The van der Waals surface area contributed by atoms with Gasteiger partial charge < -0.3 is 15.4 Å². The second-order valence-corrected chi connectivity index (χ2v) is 7.22. The number of nitrogens with one attached hydrogen (secondary N) is 2.